The van der Waals surface area contributed by atoms with Crippen molar-refractivity contribution in [1.82, 2.24) is 4.90 Å². The first-order valence-corrected chi connectivity index (χ1v) is 6.77. The van der Waals surface area contributed by atoms with Crippen molar-refractivity contribution in [3.05, 3.63) is 22.7 Å². The zero-order valence-corrected chi connectivity index (χ0v) is 12.9. The number of methoxy groups -OCH3 is 1. The van der Waals surface area contributed by atoms with E-state index in [1.54, 1.807) is 39.3 Å². The maximum absolute atomic E-state index is 11.9. The van der Waals surface area contributed by atoms with Crippen molar-refractivity contribution in [3.8, 4) is 5.75 Å². The number of nitrogens with zero attached hydrogens (tertiary/aromatic N) is 1. The first-order chi connectivity index (χ1) is 8.93. The summed E-state index contributed by atoms with van der Waals surface area (Å²) in [6.07, 6.45) is 0.140. The third kappa shape index (κ3) is 5.08. The lowest BCUT2D eigenvalue weighted by atomic mass is 10.3. The lowest BCUT2D eigenvalue weighted by molar-refractivity contribution is 0.167. The van der Waals surface area contributed by atoms with E-state index in [-0.39, 0.29) is 6.03 Å². The topological polar surface area (TPSA) is 61.8 Å². The van der Waals surface area contributed by atoms with Gasteiger partial charge >= 0.3 is 6.03 Å². The summed E-state index contributed by atoms with van der Waals surface area (Å²) in [5.41, 5.74) is 0.682. The molecule has 5 nitrogen and oxygen atoms in total. The number of aliphatic hydroxyl groups is 1. The Kier molecular flexibility index (Phi) is 6.11. The van der Waals surface area contributed by atoms with Gasteiger partial charge in [0.1, 0.15) is 5.75 Å². The molecule has 0 heterocycles. The van der Waals surface area contributed by atoms with Crippen LogP contribution in [-0.2, 0) is 0 Å². The van der Waals surface area contributed by atoms with Gasteiger partial charge in [0.25, 0.3) is 0 Å². The minimum absolute atomic E-state index is 0.210. The van der Waals surface area contributed by atoms with Gasteiger partial charge in [0.05, 0.1) is 17.7 Å². The van der Waals surface area contributed by atoms with Gasteiger partial charge in [-0.1, -0.05) is 0 Å². The number of urea groups is 1. The molecule has 0 fully saturated rings. The van der Waals surface area contributed by atoms with Crippen molar-refractivity contribution in [2.45, 2.75) is 19.4 Å². The summed E-state index contributed by atoms with van der Waals surface area (Å²) in [4.78, 5) is 13.4. The number of halogens is 1. The number of carbonyl (C=O) groups excluding carboxylic acids is 1. The molecule has 106 valence electrons. The summed E-state index contributed by atoms with van der Waals surface area (Å²) in [6.45, 7) is 2.20. The minimum atomic E-state index is -0.412. The summed E-state index contributed by atoms with van der Waals surface area (Å²) >= 11 is 3.36. The van der Waals surface area contributed by atoms with Crippen LogP contribution in [0.15, 0.2) is 22.7 Å². The van der Waals surface area contributed by atoms with Crippen molar-refractivity contribution in [2.24, 2.45) is 0 Å². The second-order valence-electron chi connectivity index (χ2n) is 4.34. The number of aliphatic hydroxyl groups excluding tert-OH is 1. The van der Waals surface area contributed by atoms with E-state index >= 15 is 0 Å². The van der Waals surface area contributed by atoms with Crippen LogP contribution in [0.4, 0.5) is 10.5 Å². The second kappa shape index (κ2) is 7.35. The number of hydrogen-bond donors (Lipinski definition) is 2. The van der Waals surface area contributed by atoms with Crippen LogP contribution < -0.4 is 10.1 Å². The fraction of sp³-hybridized carbons (Fsp3) is 0.462. The van der Waals surface area contributed by atoms with Gasteiger partial charge in [-0.2, -0.15) is 0 Å². The normalized spacial score (nSPS) is 11.8. The molecule has 0 saturated carbocycles. The smallest absolute Gasteiger partial charge is 0.321 e. The average molecular weight is 331 g/mol. The molecule has 6 heteroatoms. The number of hydrogen-bond acceptors (Lipinski definition) is 3. The molecule has 2 amide bonds. The van der Waals surface area contributed by atoms with Crippen LogP contribution in [0, 0.1) is 0 Å². The SMILES string of the molecule is COc1ccc(NC(=O)N(C)CC[C@H](C)O)cc1Br. The highest BCUT2D eigenvalue weighted by molar-refractivity contribution is 9.10. The molecule has 19 heavy (non-hydrogen) atoms. The molecular formula is C13H19BrN2O3. The molecule has 1 atom stereocenters. The zero-order chi connectivity index (χ0) is 14.4. The summed E-state index contributed by atoms with van der Waals surface area (Å²) in [7, 11) is 3.28. The Morgan fingerprint density at radius 2 is 2.26 bits per heavy atom. The largest absolute Gasteiger partial charge is 0.496 e. The van der Waals surface area contributed by atoms with E-state index in [1.807, 2.05) is 0 Å². The van der Waals surface area contributed by atoms with Gasteiger partial charge in [-0.3, -0.25) is 0 Å². The van der Waals surface area contributed by atoms with E-state index in [9.17, 15) is 9.90 Å². The van der Waals surface area contributed by atoms with Crippen LogP contribution in [0.3, 0.4) is 0 Å². The van der Waals surface area contributed by atoms with E-state index in [0.29, 0.717) is 24.4 Å². The summed E-state index contributed by atoms with van der Waals surface area (Å²) in [5.74, 6) is 0.709. The van der Waals surface area contributed by atoms with Gasteiger partial charge in [-0.15, -0.1) is 0 Å². The minimum Gasteiger partial charge on any atom is -0.496 e. The van der Waals surface area contributed by atoms with Crippen molar-refractivity contribution in [1.29, 1.82) is 0 Å². The molecule has 0 bridgehead atoms. The molecular weight excluding hydrogens is 312 g/mol. The van der Waals surface area contributed by atoms with Crippen LogP contribution in [-0.4, -0.2) is 42.8 Å². The Morgan fingerprint density at radius 1 is 1.58 bits per heavy atom. The van der Waals surface area contributed by atoms with Gasteiger partial charge < -0.3 is 20.1 Å². The Hall–Kier alpha value is -1.27. The van der Waals surface area contributed by atoms with Crippen molar-refractivity contribution in [2.75, 3.05) is 26.0 Å². The quantitative estimate of drug-likeness (QED) is 0.872. The van der Waals surface area contributed by atoms with E-state index in [2.05, 4.69) is 21.2 Å². The first-order valence-electron chi connectivity index (χ1n) is 5.97. The van der Waals surface area contributed by atoms with Crippen LogP contribution in [0.1, 0.15) is 13.3 Å². The van der Waals surface area contributed by atoms with E-state index < -0.39 is 6.10 Å². The van der Waals surface area contributed by atoms with Crippen molar-refractivity contribution in [3.63, 3.8) is 0 Å². The highest BCUT2D eigenvalue weighted by atomic mass is 79.9. The summed E-state index contributed by atoms with van der Waals surface area (Å²) in [6, 6.07) is 5.11. The van der Waals surface area contributed by atoms with E-state index in [0.717, 1.165) is 4.47 Å². The van der Waals surface area contributed by atoms with Gasteiger partial charge in [0.15, 0.2) is 0 Å². The molecule has 0 aromatic heterocycles. The fourth-order valence-corrected chi connectivity index (χ4v) is 1.99. The van der Waals surface area contributed by atoms with Crippen LogP contribution in [0.25, 0.3) is 0 Å². The number of ether oxygens (including phenoxy) is 1. The number of amides is 2. The van der Waals surface area contributed by atoms with Gasteiger partial charge in [-0.05, 0) is 47.5 Å². The zero-order valence-electron chi connectivity index (χ0n) is 11.3. The third-order valence-electron chi connectivity index (χ3n) is 2.63. The van der Waals surface area contributed by atoms with E-state index in [4.69, 9.17) is 4.74 Å². The Labute approximate surface area is 121 Å². The van der Waals surface area contributed by atoms with Gasteiger partial charge in [0.2, 0.25) is 0 Å². The monoisotopic (exact) mass is 330 g/mol. The lowest BCUT2D eigenvalue weighted by Crippen LogP contribution is -2.33. The van der Waals surface area contributed by atoms with Crippen LogP contribution >= 0.6 is 15.9 Å². The Morgan fingerprint density at radius 3 is 2.79 bits per heavy atom. The first kappa shape index (κ1) is 15.8. The standard InChI is InChI=1S/C13H19BrN2O3/c1-9(17)6-7-16(2)13(18)15-10-4-5-12(19-3)11(14)8-10/h4-5,8-9,17H,6-7H2,1-3H3,(H,15,18)/t9-/m0/s1. The molecule has 0 aliphatic rings. The molecule has 1 rings (SSSR count). The summed E-state index contributed by atoms with van der Waals surface area (Å²) < 4.78 is 5.90. The number of carbonyl (C=O) groups is 1. The average Bonchev–Trinajstić information content (AvgIpc) is 2.36. The number of nitrogens with one attached hydrogen (secondary N) is 1. The van der Waals surface area contributed by atoms with Crippen LogP contribution in [0.2, 0.25) is 0 Å². The molecule has 0 unspecified atom stereocenters. The third-order valence-corrected chi connectivity index (χ3v) is 3.25. The Bertz CT molecular complexity index is 438. The molecule has 0 spiro atoms. The molecule has 1 aromatic carbocycles. The fourth-order valence-electron chi connectivity index (χ4n) is 1.45. The van der Waals surface area contributed by atoms with Gasteiger partial charge in [-0.25, -0.2) is 4.79 Å². The molecule has 0 aliphatic carbocycles. The van der Waals surface area contributed by atoms with Gasteiger partial charge in [0, 0.05) is 19.3 Å². The van der Waals surface area contributed by atoms with Crippen molar-refractivity contribution >= 4 is 27.6 Å². The molecule has 0 aliphatic heterocycles. The molecule has 0 radical (unpaired) electrons. The second-order valence-corrected chi connectivity index (χ2v) is 5.19. The number of rotatable bonds is 5. The lowest BCUT2D eigenvalue weighted by Gasteiger charge is -2.19. The van der Waals surface area contributed by atoms with E-state index in [1.165, 1.54) is 4.90 Å². The molecule has 2 N–H and O–H groups in total. The predicted octanol–water partition coefficient (Wildman–Crippen LogP) is 2.69. The number of benzene rings is 1. The van der Waals surface area contributed by atoms with Crippen LogP contribution in [0.5, 0.6) is 5.75 Å². The van der Waals surface area contributed by atoms with Crippen molar-refractivity contribution < 1.29 is 14.6 Å². The predicted molar refractivity (Wildman–Crippen MR) is 78.6 cm³/mol. The highest BCUT2D eigenvalue weighted by Gasteiger charge is 2.10. The highest BCUT2D eigenvalue weighted by Crippen LogP contribution is 2.27. The molecule has 1 aromatic rings. The Balaban J connectivity index is 2.59. The number of anilines is 1. The molecule has 0 saturated heterocycles. The maximum atomic E-state index is 11.9. The maximum Gasteiger partial charge on any atom is 0.321 e. The summed E-state index contributed by atoms with van der Waals surface area (Å²) in [5, 5.41) is 12.0.